The number of pyridine rings is 1. The van der Waals surface area contributed by atoms with Crippen LogP contribution in [0.5, 0.6) is 0 Å². The summed E-state index contributed by atoms with van der Waals surface area (Å²) < 4.78 is 44.5. The summed E-state index contributed by atoms with van der Waals surface area (Å²) in [6.07, 6.45) is -3.93. The highest BCUT2D eigenvalue weighted by atomic mass is 35.5. The zero-order chi connectivity index (χ0) is 24.6. The normalized spacial score (nSPS) is 22.3. The van der Waals surface area contributed by atoms with Gasteiger partial charge in [-0.1, -0.05) is 0 Å². The van der Waals surface area contributed by atoms with Crippen molar-refractivity contribution in [3.05, 3.63) is 23.7 Å². The van der Waals surface area contributed by atoms with Crippen molar-refractivity contribution in [2.24, 2.45) is 5.92 Å². The summed E-state index contributed by atoms with van der Waals surface area (Å²) >= 11 is 1.39. The van der Waals surface area contributed by atoms with Gasteiger partial charge in [-0.15, -0.1) is 23.7 Å². The van der Waals surface area contributed by atoms with E-state index in [4.69, 9.17) is 4.74 Å². The second kappa shape index (κ2) is 10.7. The molecule has 0 unspecified atom stereocenters. The van der Waals surface area contributed by atoms with E-state index in [9.17, 15) is 23.4 Å². The van der Waals surface area contributed by atoms with Gasteiger partial charge in [-0.25, -0.2) is 9.97 Å². The van der Waals surface area contributed by atoms with Gasteiger partial charge in [0.2, 0.25) is 5.95 Å². The second-order valence-corrected chi connectivity index (χ2v) is 9.24. The van der Waals surface area contributed by atoms with Crippen molar-refractivity contribution in [2.45, 2.75) is 44.7 Å². The molecule has 3 heterocycles. The Labute approximate surface area is 209 Å². The highest BCUT2D eigenvalue weighted by molar-refractivity contribution is 7.21. The van der Waals surface area contributed by atoms with Gasteiger partial charge in [0.1, 0.15) is 29.0 Å². The van der Waals surface area contributed by atoms with Gasteiger partial charge in [0.05, 0.1) is 33.8 Å². The van der Waals surface area contributed by atoms with Crippen molar-refractivity contribution in [2.75, 3.05) is 30.9 Å². The molecule has 1 fully saturated rings. The molecule has 35 heavy (non-hydrogen) atoms. The Morgan fingerprint density at radius 3 is 2.54 bits per heavy atom. The largest absolute Gasteiger partial charge is 0.405 e. The van der Waals surface area contributed by atoms with E-state index in [0.717, 1.165) is 10.4 Å². The number of hydrogen-bond donors (Lipinski definition) is 4. The molecular weight excluding hydrogens is 509 g/mol. The summed E-state index contributed by atoms with van der Waals surface area (Å²) in [6.45, 7) is 2.04. The molecule has 192 valence electrons. The lowest BCUT2D eigenvalue weighted by atomic mass is 10.1. The van der Waals surface area contributed by atoms with Gasteiger partial charge < -0.3 is 25.6 Å². The van der Waals surface area contributed by atoms with E-state index in [0.29, 0.717) is 28.2 Å². The monoisotopic (exact) mass is 534 g/mol. The molecule has 0 aromatic carbocycles. The number of anilines is 2. The third-order valence-corrected chi connectivity index (χ3v) is 6.88. The molecule has 4 N–H and O–H groups in total. The van der Waals surface area contributed by atoms with Crippen LogP contribution in [0.1, 0.15) is 17.8 Å². The topological polar surface area (TPSA) is 125 Å². The zero-order valence-electron chi connectivity index (χ0n) is 19.1. The van der Waals surface area contributed by atoms with Crippen molar-refractivity contribution in [1.29, 1.82) is 0 Å². The Hall–Kier alpha value is -2.32. The van der Waals surface area contributed by atoms with Crippen molar-refractivity contribution in [3.8, 4) is 10.6 Å². The number of nitrogens with one attached hydrogen (secondary N) is 2. The molecule has 0 bridgehead atoms. The fourth-order valence-corrected chi connectivity index (χ4v) is 5.33. The first kappa shape index (κ1) is 27.3. The third-order valence-electron chi connectivity index (χ3n) is 5.84. The SMILES string of the molecule is CO[C@@H]1[C@@H](CO)C[C@@H](Nc2nc(NCC(F)(F)F)nc(C)c2-c2nc3c(C)nccc3s2)[C@@H]1O.Cl. The molecule has 14 heteroatoms. The van der Waals surface area contributed by atoms with Crippen LogP contribution >= 0.6 is 23.7 Å². The molecule has 4 atom stereocenters. The second-order valence-electron chi connectivity index (χ2n) is 8.21. The first-order valence-corrected chi connectivity index (χ1v) is 11.4. The van der Waals surface area contributed by atoms with Gasteiger partial charge in [0.25, 0.3) is 0 Å². The number of rotatable bonds is 7. The Balaban J connectivity index is 0.00000342. The van der Waals surface area contributed by atoms with Gasteiger partial charge in [-0.05, 0) is 26.3 Å². The summed E-state index contributed by atoms with van der Waals surface area (Å²) in [5.74, 6) is -0.267. The van der Waals surface area contributed by atoms with Crippen LogP contribution in [0.3, 0.4) is 0 Å². The summed E-state index contributed by atoms with van der Waals surface area (Å²) in [7, 11) is 1.45. The molecule has 3 aromatic heterocycles. The predicted molar refractivity (Wildman–Crippen MR) is 129 cm³/mol. The third kappa shape index (κ3) is 5.75. The number of aliphatic hydroxyl groups excluding tert-OH is 2. The van der Waals surface area contributed by atoms with Crippen LogP contribution in [0.25, 0.3) is 20.8 Å². The molecule has 9 nitrogen and oxygen atoms in total. The Kier molecular flexibility index (Phi) is 8.37. The van der Waals surface area contributed by atoms with E-state index >= 15 is 0 Å². The summed E-state index contributed by atoms with van der Waals surface area (Å²) in [5, 5.41) is 26.4. The van der Waals surface area contributed by atoms with Gasteiger partial charge in [-0.2, -0.15) is 18.2 Å². The lowest BCUT2D eigenvalue weighted by molar-refractivity contribution is -0.115. The zero-order valence-corrected chi connectivity index (χ0v) is 20.8. The van der Waals surface area contributed by atoms with Crippen LogP contribution in [-0.2, 0) is 4.74 Å². The average molecular weight is 535 g/mol. The van der Waals surface area contributed by atoms with Gasteiger partial charge in [0, 0.05) is 25.8 Å². The van der Waals surface area contributed by atoms with Gasteiger partial charge >= 0.3 is 6.18 Å². The van der Waals surface area contributed by atoms with E-state index in [1.54, 1.807) is 13.1 Å². The Morgan fingerprint density at radius 1 is 1.20 bits per heavy atom. The summed E-state index contributed by atoms with van der Waals surface area (Å²) in [4.78, 5) is 17.5. The molecule has 3 aromatic rings. The predicted octanol–water partition coefficient (Wildman–Crippen LogP) is 3.33. The molecule has 4 rings (SSSR count). The van der Waals surface area contributed by atoms with Crippen molar-refractivity contribution in [1.82, 2.24) is 19.9 Å². The Bertz CT molecular complexity index is 1180. The number of fused-ring (bicyclic) bond motifs is 1. The standard InChI is InChI=1S/C21H25F3N6O3S.ClH/c1-9-14(19-29-15-10(2)25-5-4-13(15)34-19)18(30-20(27-9)26-8-21(22,23)24)28-12-6-11(7-31)17(33-3)16(12)32;/h4-5,11-12,16-17,31-32H,6-8H2,1-3H3,(H2,26,27,28,30);1H/t11-,12-,16+,17-;/m1./s1. The molecule has 1 aliphatic rings. The lowest BCUT2D eigenvalue weighted by Gasteiger charge is -2.22. The van der Waals surface area contributed by atoms with Crippen LogP contribution in [-0.4, -0.2) is 74.8 Å². The fourth-order valence-electron chi connectivity index (χ4n) is 4.22. The van der Waals surface area contributed by atoms with Crippen LogP contribution in [0, 0.1) is 19.8 Å². The molecule has 1 aliphatic carbocycles. The maximum Gasteiger partial charge on any atom is 0.405 e. The summed E-state index contributed by atoms with van der Waals surface area (Å²) in [6, 6.07) is 1.28. The molecule has 0 aliphatic heterocycles. The minimum atomic E-state index is -4.44. The smallest absolute Gasteiger partial charge is 0.396 e. The number of aryl methyl sites for hydroxylation is 2. The highest BCUT2D eigenvalue weighted by Gasteiger charge is 2.43. The van der Waals surface area contributed by atoms with Crippen molar-refractivity contribution < 1.29 is 28.1 Å². The van der Waals surface area contributed by atoms with E-state index in [2.05, 4.69) is 30.6 Å². The van der Waals surface area contributed by atoms with E-state index < -0.39 is 31.0 Å². The number of halogens is 4. The van der Waals surface area contributed by atoms with Crippen LogP contribution in [0.2, 0.25) is 0 Å². The van der Waals surface area contributed by atoms with Crippen molar-refractivity contribution >= 4 is 45.7 Å². The number of thiazole rings is 1. The first-order valence-electron chi connectivity index (χ1n) is 10.6. The molecular formula is C21H26ClF3N6O3S. The minimum absolute atomic E-state index is 0. The quantitative estimate of drug-likeness (QED) is 0.361. The summed E-state index contributed by atoms with van der Waals surface area (Å²) in [5.41, 5.74) is 2.40. The Morgan fingerprint density at radius 2 is 1.94 bits per heavy atom. The van der Waals surface area contributed by atoms with Gasteiger partial charge in [0.15, 0.2) is 0 Å². The number of ether oxygens (including phenoxy) is 1. The maximum absolute atomic E-state index is 12.8. The minimum Gasteiger partial charge on any atom is -0.396 e. The van der Waals surface area contributed by atoms with Crippen LogP contribution in [0.4, 0.5) is 24.9 Å². The number of hydrogen-bond acceptors (Lipinski definition) is 10. The molecule has 0 saturated heterocycles. The van der Waals surface area contributed by atoms with E-state index in [1.165, 1.54) is 18.4 Å². The highest BCUT2D eigenvalue weighted by Crippen LogP contribution is 2.38. The number of alkyl halides is 3. The number of aliphatic hydroxyl groups is 2. The molecule has 0 amide bonds. The van der Waals surface area contributed by atoms with Crippen LogP contribution < -0.4 is 10.6 Å². The molecule has 0 spiro atoms. The number of methoxy groups -OCH3 is 1. The van der Waals surface area contributed by atoms with E-state index in [-0.39, 0.29) is 36.7 Å². The van der Waals surface area contributed by atoms with Crippen molar-refractivity contribution in [3.63, 3.8) is 0 Å². The lowest BCUT2D eigenvalue weighted by Crippen LogP contribution is -2.37. The maximum atomic E-state index is 12.8. The average Bonchev–Trinajstić information content (AvgIpc) is 3.33. The fraction of sp³-hybridized carbons (Fsp3) is 0.524. The number of aromatic nitrogens is 4. The molecule has 0 radical (unpaired) electrons. The van der Waals surface area contributed by atoms with E-state index in [1.807, 2.05) is 13.0 Å². The van der Waals surface area contributed by atoms with Gasteiger partial charge in [-0.3, -0.25) is 4.98 Å². The van der Waals surface area contributed by atoms with Crippen LogP contribution in [0.15, 0.2) is 12.3 Å². The number of nitrogens with zero attached hydrogens (tertiary/aromatic N) is 4. The first-order chi connectivity index (χ1) is 16.1. The molecule has 1 saturated carbocycles.